The summed E-state index contributed by atoms with van der Waals surface area (Å²) in [5.41, 5.74) is 1.82. The summed E-state index contributed by atoms with van der Waals surface area (Å²) in [5.74, 6) is 1.10. The van der Waals surface area contributed by atoms with Gasteiger partial charge in [-0.2, -0.15) is 0 Å². The van der Waals surface area contributed by atoms with Crippen molar-refractivity contribution in [2.24, 2.45) is 0 Å². The van der Waals surface area contributed by atoms with Crippen molar-refractivity contribution in [3.63, 3.8) is 0 Å². The molecular formula is C18H17ClO6. The molecule has 0 unspecified atom stereocenters. The van der Waals surface area contributed by atoms with Crippen LogP contribution in [0.1, 0.15) is 21.5 Å². The van der Waals surface area contributed by atoms with E-state index in [4.69, 9.17) is 35.3 Å². The fourth-order valence-electron chi connectivity index (χ4n) is 2.55. The van der Waals surface area contributed by atoms with Crippen LogP contribution in [0.25, 0.3) is 0 Å². The van der Waals surface area contributed by atoms with Gasteiger partial charge in [0, 0.05) is 22.2 Å². The Labute approximate surface area is 150 Å². The maximum Gasteiger partial charge on any atom is 0.342 e. The van der Waals surface area contributed by atoms with Crippen LogP contribution in [0.4, 0.5) is 0 Å². The van der Waals surface area contributed by atoms with Crippen LogP contribution in [-0.4, -0.2) is 27.0 Å². The van der Waals surface area contributed by atoms with E-state index in [1.165, 1.54) is 7.11 Å². The molecule has 0 aliphatic carbocycles. The fourth-order valence-corrected chi connectivity index (χ4v) is 2.82. The molecule has 7 heteroatoms. The van der Waals surface area contributed by atoms with E-state index in [-0.39, 0.29) is 13.4 Å². The molecule has 0 N–H and O–H groups in total. The van der Waals surface area contributed by atoms with Crippen LogP contribution in [0, 0.1) is 0 Å². The van der Waals surface area contributed by atoms with Crippen molar-refractivity contribution in [3.8, 4) is 17.2 Å². The molecule has 0 fully saturated rings. The van der Waals surface area contributed by atoms with Crippen LogP contribution >= 0.6 is 11.6 Å². The minimum absolute atomic E-state index is 0.0247. The third kappa shape index (κ3) is 3.81. The first-order valence-corrected chi connectivity index (χ1v) is 7.91. The Kier molecular flexibility index (Phi) is 5.31. The second-order valence-electron chi connectivity index (χ2n) is 5.31. The summed E-state index contributed by atoms with van der Waals surface area (Å²) in [6, 6.07) is 8.37. The van der Waals surface area contributed by atoms with Crippen LogP contribution in [0.15, 0.2) is 30.3 Å². The van der Waals surface area contributed by atoms with Crippen LogP contribution < -0.4 is 14.2 Å². The molecule has 0 saturated heterocycles. The van der Waals surface area contributed by atoms with Crippen LogP contribution in [0.3, 0.4) is 0 Å². The van der Waals surface area contributed by atoms with Crippen molar-refractivity contribution in [2.75, 3.05) is 21.0 Å². The molecule has 1 heterocycles. The molecule has 0 amide bonds. The number of hydrogen-bond donors (Lipinski definition) is 0. The quantitative estimate of drug-likeness (QED) is 0.756. The summed E-state index contributed by atoms with van der Waals surface area (Å²) in [7, 11) is 3.02. The first kappa shape index (κ1) is 17.4. The van der Waals surface area contributed by atoms with Gasteiger partial charge >= 0.3 is 5.97 Å². The molecule has 2 aromatic carbocycles. The van der Waals surface area contributed by atoms with Crippen molar-refractivity contribution in [1.82, 2.24) is 0 Å². The molecule has 0 radical (unpaired) electrons. The number of ether oxygens (including phenoxy) is 5. The molecule has 0 aromatic heterocycles. The monoisotopic (exact) mass is 364 g/mol. The molecule has 0 bridgehead atoms. The van der Waals surface area contributed by atoms with E-state index >= 15 is 0 Å². The molecular weight excluding hydrogens is 348 g/mol. The Balaban J connectivity index is 1.78. The topological polar surface area (TPSA) is 63.2 Å². The van der Waals surface area contributed by atoms with Gasteiger partial charge < -0.3 is 23.7 Å². The molecule has 0 spiro atoms. The maximum atomic E-state index is 12.4. The lowest BCUT2D eigenvalue weighted by Crippen LogP contribution is -2.14. The second kappa shape index (κ2) is 7.63. The number of benzene rings is 2. The zero-order valence-corrected chi connectivity index (χ0v) is 14.6. The smallest absolute Gasteiger partial charge is 0.342 e. The van der Waals surface area contributed by atoms with Gasteiger partial charge in [0.15, 0.2) is 6.79 Å². The Bertz CT molecular complexity index is 789. The Morgan fingerprint density at radius 3 is 2.80 bits per heavy atom. The molecule has 0 atom stereocenters. The van der Waals surface area contributed by atoms with Gasteiger partial charge in [-0.15, -0.1) is 0 Å². The average molecular weight is 365 g/mol. The molecule has 1 aliphatic heterocycles. The van der Waals surface area contributed by atoms with E-state index in [0.29, 0.717) is 40.0 Å². The predicted molar refractivity (Wildman–Crippen MR) is 90.4 cm³/mol. The maximum absolute atomic E-state index is 12.4. The minimum atomic E-state index is -0.514. The highest BCUT2D eigenvalue weighted by Gasteiger charge is 2.19. The molecule has 6 nitrogen and oxygen atoms in total. The van der Waals surface area contributed by atoms with Gasteiger partial charge in [-0.25, -0.2) is 4.79 Å². The van der Waals surface area contributed by atoms with Crippen molar-refractivity contribution in [3.05, 3.63) is 52.0 Å². The van der Waals surface area contributed by atoms with Gasteiger partial charge in [-0.05, 0) is 24.3 Å². The second-order valence-corrected chi connectivity index (χ2v) is 5.74. The normalized spacial score (nSPS) is 12.8. The van der Waals surface area contributed by atoms with Crippen LogP contribution in [0.2, 0.25) is 5.02 Å². The standard InChI is InChI=1S/C18H17ClO6/c1-21-14-3-4-15(16(7-14)22-2)18(20)24-9-12-6-13(19)5-11-8-23-10-25-17(11)12/h3-7H,8-10H2,1-2H3. The third-order valence-corrected chi connectivity index (χ3v) is 3.96. The lowest BCUT2D eigenvalue weighted by atomic mass is 10.1. The van der Waals surface area contributed by atoms with Gasteiger partial charge in [-0.1, -0.05) is 11.6 Å². The molecule has 2 aromatic rings. The molecule has 1 aliphatic rings. The number of halogens is 1. The zero-order valence-electron chi connectivity index (χ0n) is 13.8. The average Bonchev–Trinajstić information content (AvgIpc) is 2.65. The van der Waals surface area contributed by atoms with E-state index in [2.05, 4.69) is 0 Å². The highest BCUT2D eigenvalue weighted by atomic mass is 35.5. The molecule has 25 heavy (non-hydrogen) atoms. The number of hydrogen-bond acceptors (Lipinski definition) is 6. The number of fused-ring (bicyclic) bond motifs is 1. The molecule has 0 saturated carbocycles. The lowest BCUT2D eigenvalue weighted by molar-refractivity contribution is -0.0180. The number of methoxy groups -OCH3 is 2. The summed E-state index contributed by atoms with van der Waals surface area (Å²) < 4.78 is 26.5. The summed E-state index contributed by atoms with van der Waals surface area (Å²) >= 11 is 6.11. The summed E-state index contributed by atoms with van der Waals surface area (Å²) in [6.07, 6.45) is 0. The summed E-state index contributed by atoms with van der Waals surface area (Å²) in [4.78, 5) is 12.4. The van der Waals surface area contributed by atoms with E-state index < -0.39 is 5.97 Å². The minimum Gasteiger partial charge on any atom is -0.497 e. The van der Waals surface area contributed by atoms with Crippen molar-refractivity contribution in [2.45, 2.75) is 13.2 Å². The fraction of sp³-hybridized carbons (Fsp3) is 0.278. The Morgan fingerprint density at radius 1 is 1.20 bits per heavy atom. The molecule has 132 valence electrons. The van der Waals surface area contributed by atoms with Gasteiger partial charge in [-0.3, -0.25) is 0 Å². The van der Waals surface area contributed by atoms with E-state index in [1.807, 2.05) is 0 Å². The highest BCUT2D eigenvalue weighted by molar-refractivity contribution is 6.30. The van der Waals surface area contributed by atoms with Gasteiger partial charge in [0.2, 0.25) is 0 Å². The number of rotatable bonds is 5. The van der Waals surface area contributed by atoms with E-state index in [9.17, 15) is 4.79 Å². The van der Waals surface area contributed by atoms with Gasteiger partial charge in [0.1, 0.15) is 29.4 Å². The van der Waals surface area contributed by atoms with E-state index in [0.717, 1.165) is 5.56 Å². The number of carbonyl (C=O) groups excluding carboxylic acids is 1. The summed E-state index contributed by atoms with van der Waals surface area (Å²) in [5, 5.41) is 0.529. The van der Waals surface area contributed by atoms with Gasteiger partial charge in [0.25, 0.3) is 0 Å². The highest BCUT2D eigenvalue weighted by Crippen LogP contribution is 2.32. The number of carbonyl (C=O) groups is 1. The number of esters is 1. The molecule has 3 rings (SSSR count). The zero-order chi connectivity index (χ0) is 17.8. The predicted octanol–water partition coefficient (Wildman–Crippen LogP) is 3.58. The van der Waals surface area contributed by atoms with Crippen LogP contribution in [-0.2, 0) is 22.7 Å². The van der Waals surface area contributed by atoms with E-state index in [1.54, 1.807) is 37.4 Å². The van der Waals surface area contributed by atoms with Crippen molar-refractivity contribution < 1.29 is 28.5 Å². The van der Waals surface area contributed by atoms with Crippen molar-refractivity contribution >= 4 is 17.6 Å². The van der Waals surface area contributed by atoms with Crippen LogP contribution in [0.5, 0.6) is 17.2 Å². The SMILES string of the molecule is COc1ccc(C(=O)OCc2cc(Cl)cc3c2OCOC3)c(OC)c1. The van der Waals surface area contributed by atoms with Crippen molar-refractivity contribution in [1.29, 1.82) is 0 Å². The first-order valence-electron chi connectivity index (χ1n) is 7.53. The largest absolute Gasteiger partial charge is 0.497 e. The Hall–Kier alpha value is -2.44. The first-order chi connectivity index (χ1) is 12.1. The van der Waals surface area contributed by atoms with Gasteiger partial charge in [0.05, 0.1) is 20.8 Å². The Morgan fingerprint density at radius 2 is 2.04 bits per heavy atom. The lowest BCUT2D eigenvalue weighted by Gasteiger charge is -2.21. The summed E-state index contributed by atoms with van der Waals surface area (Å²) in [6.45, 7) is 0.585. The third-order valence-electron chi connectivity index (χ3n) is 3.74.